The van der Waals surface area contributed by atoms with Crippen LogP contribution in [0, 0.1) is 13.8 Å². The number of thiazole rings is 1. The molecule has 0 N–H and O–H groups in total. The average molecular weight is 540 g/mol. The minimum atomic E-state index is -0.669. The van der Waals surface area contributed by atoms with E-state index in [4.69, 9.17) is 9.73 Å². The van der Waals surface area contributed by atoms with Crippen LogP contribution in [0.4, 0.5) is 0 Å². The maximum absolute atomic E-state index is 14.0. The van der Waals surface area contributed by atoms with Crippen molar-refractivity contribution in [1.29, 1.82) is 0 Å². The van der Waals surface area contributed by atoms with Crippen molar-refractivity contribution in [2.45, 2.75) is 46.6 Å². The Morgan fingerprint density at radius 2 is 1.79 bits per heavy atom. The highest BCUT2D eigenvalue weighted by atomic mass is 32.1. The molecule has 200 valence electrons. The molecule has 0 aliphatic carbocycles. The Kier molecular flexibility index (Phi) is 7.28. The van der Waals surface area contributed by atoms with E-state index < -0.39 is 12.0 Å². The van der Waals surface area contributed by atoms with Gasteiger partial charge in [-0.05, 0) is 55.5 Å². The molecule has 2 aromatic carbocycles. The van der Waals surface area contributed by atoms with E-state index in [0.717, 1.165) is 28.1 Å². The number of hydrogen-bond donors (Lipinski definition) is 0. The summed E-state index contributed by atoms with van der Waals surface area (Å²) < 4.78 is 9.89. The highest BCUT2D eigenvalue weighted by molar-refractivity contribution is 7.07. The standard InChI is InChI=1S/C32H33N3O3S/c1-7-38-31(37)27-28(23-11-9-8-10-12-23)33-32-35(29(27)24-15-13-22(14-16-24)19(2)3)30(36)26(39-32)18-25-17-20(4)34(6)21(25)5/h8-19,29H,7H2,1-6H3/b26-18+/t29-/m1/s1. The van der Waals surface area contributed by atoms with Gasteiger partial charge in [0, 0.05) is 24.0 Å². The second kappa shape index (κ2) is 10.7. The lowest BCUT2D eigenvalue weighted by Gasteiger charge is -2.26. The topological polar surface area (TPSA) is 65.6 Å². The Morgan fingerprint density at radius 1 is 1.10 bits per heavy atom. The zero-order valence-corrected chi connectivity index (χ0v) is 24.0. The third-order valence-electron chi connectivity index (χ3n) is 7.39. The van der Waals surface area contributed by atoms with Crippen molar-refractivity contribution >= 4 is 29.1 Å². The molecule has 1 atom stereocenters. The summed E-state index contributed by atoms with van der Waals surface area (Å²) in [6.07, 6.45) is 1.93. The van der Waals surface area contributed by atoms with Gasteiger partial charge in [-0.3, -0.25) is 9.36 Å². The molecule has 0 fully saturated rings. The maximum atomic E-state index is 14.0. The summed E-state index contributed by atoms with van der Waals surface area (Å²) in [5.74, 6) is -0.111. The first kappa shape index (κ1) is 26.6. The quantitative estimate of drug-likeness (QED) is 0.324. The predicted molar refractivity (Wildman–Crippen MR) is 156 cm³/mol. The molecule has 4 aromatic rings. The smallest absolute Gasteiger partial charge is 0.338 e. The number of fused-ring (bicyclic) bond motifs is 1. The van der Waals surface area contributed by atoms with Gasteiger partial charge in [-0.15, -0.1) is 0 Å². The molecule has 6 nitrogen and oxygen atoms in total. The molecule has 0 saturated carbocycles. The van der Waals surface area contributed by atoms with E-state index in [2.05, 4.69) is 36.6 Å². The van der Waals surface area contributed by atoms with Crippen molar-refractivity contribution in [2.75, 3.05) is 6.61 Å². The summed E-state index contributed by atoms with van der Waals surface area (Å²) in [6.45, 7) is 10.4. The molecule has 7 heteroatoms. The second-order valence-corrected chi connectivity index (χ2v) is 11.1. The number of benzene rings is 2. The highest BCUT2D eigenvalue weighted by Crippen LogP contribution is 2.35. The lowest BCUT2D eigenvalue weighted by molar-refractivity contribution is -0.138. The number of esters is 1. The van der Waals surface area contributed by atoms with Crippen molar-refractivity contribution in [1.82, 2.24) is 9.13 Å². The van der Waals surface area contributed by atoms with Crippen molar-refractivity contribution < 1.29 is 9.53 Å². The summed E-state index contributed by atoms with van der Waals surface area (Å²) in [5, 5.41) is 0. The number of ether oxygens (including phenoxy) is 1. The first-order valence-corrected chi connectivity index (χ1v) is 14.0. The van der Waals surface area contributed by atoms with Gasteiger partial charge in [0.2, 0.25) is 0 Å². The third-order valence-corrected chi connectivity index (χ3v) is 8.38. The van der Waals surface area contributed by atoms with Crippen molar-refractivity contribution in [3.8, 4) is 0 Å². The Morgan fingerprint density at radius 3 is 2.38 bits per heavy atom. The number of hydrogen-bond acceptors (Lipinski definition) is 5. The molecular weight excluding hydrogens is 506 g/mol. The van der Waals surface area contributed by atoms with E-state index in [1.54, 1.807) is 11.5 Å². The van der Waals surface area contributed by atoms with Crippen LogP contribution in [0.3, 0.4) is 0 Å². The van der Waals surface area contributed by atoms with Crippen LogP contribution in [0.5, 0.6) is 0 Å². The minimum Gasteiger partial charge on any atom is -0.463 e. The van der Waals surface area contributed by atoms with Crippen LogP contribution < -0.4 is 14.9 Å². The molecule has 0 amide bonds. The van der Waals surface area contributed by atoms with E-state index in [1.807, 2.05) is 69.4 Å². The Bertz CT molecular complexity index is 1750. The molecule has 5 rings (SSSR count). The molecule has 0 bridgehead atoms. The molecule has 0 unspecified atom stereocenters. The van der Waals surface area contributed by atoms with Crippen LogP contribution >= 0.6 is 11.3 Å². The number of carbonyl (C=O) groups is 1. The molecular formula is C32H33N3O3S. The highest BCUT2D eigenvalue weighted by Gasteiger charge is 2.35. The van der Waals surface area contributed by atoms with Gasteiger partial charge < -0.3 is 9.30 Å². The third kappa shape index (κ3) is 4.83. The number of aryl methyl sites for hydroxylation is 1. The Labute approximate surface area is 232 Å². The zero-order valence-electron chi connectivity index (χ0n) is 23.2. The minimum absolute atomic E-state index is 0.175. The van der Waals surface area contributed by atoms with E-state index in [0.29, 0.717) is 26.5 Å². The largest absolute Gasteiger partial charge is 0.463 e. The van der Waals surface area contributed by atoms with Crippen molar-refractivity contribution in [2.24, 2.45) is 12.0 Å². The van der Waals surface area contributed by atoms with Crippen LogP contribution in [0.25, 0.3) is 11.8 Å². The van der Waals surface area contributed by atoms with Crippen molar-refractivity contribution in [3.05, 3.63) is 120 Å². The molecule has 0 saturated heterocycles. The first-order chi connectivity index (χ1) is 18.7. The fraction of sp³-hybridized carbons (Fsp3) is 0.281. The van der Waals surface area contributed by atoms with Crippen LogP contribution in [-0.2, 0) is 16.6 Å². The van der Waals surface area contributed by atoms with E-state index >= 15 is 0 Å². The average Bonchev–Trinajstić information content (AvgIpc) is 3.37. The number of nitrogens with zero attached hydrogens (tertiary/aromatic N) is 3. The Hall–Kier alpha value is -3.97. The van der Waals surface area contributed by atoms with Gasteiger partial charge in [0.25, 0.3) is 5.56 Å². The summed E-state index contributed by atoms with van der Waals surface area (Å²) in [7, 11) is 2.02. The molecule has 2 aromatic heterocycles. The summed E-state index contributed by atoms with van der Waals surface area (Å²) in [4.78, 5) is 33.1. The SMILES string of the molecule is CCOC(=O)C1=C(c2ccccc2)N=c2s/c(=C/c3cc(C)n(C)c3C)c(=O)n2[C@@H]1c1ccc(C(C)C)cc1. The fourth-order valence-corrected chi connectivity index (χ4v) is 5.98. The summed E-state index contributed by atoms with van der Waals surface area (Å²) in [5.41, 5.74) is 6.74. The van der Waals surface area contributed by atoms with Gasteiger partial charge >= 0.3 is 5.97 Å². The normalized spacial score (nSPS) is 15.5. The fourth-order valence-electron chi connectivity index (χ4n) is 4.99. The Balaban J connectivity index is 1.82. The first-order valence-electron chi connectivity index (χ1n) is 13.2. The molecule has 1 aliphatic heterocycles. The van der Waals surface area contributed by atoms with Crippen LogP contribution in [0.1, 0.15) is 66.4 Å². The lowest BCUT2D eigenvalue weighted by Crippen LogP contribution is -2.40. The van der Waals surface area contributed by atoms with Crippen LogP contribution in [-0.4, -0.2) is 21.7 Å². The van der Waals surface area contributed by atoms with Gasteiger partial charge in [-0.2, -0.15) is 0 Å². The lowest BCUT2D eigenvalue weighted by atomic mass is 9.91. The van der Waals surface area contributed by atoms with Gasteiger partial charge in [0.1, 0.15) is 0 Å². The molecule has 1 aliphatic rings. The van der Waals surface area contributed by atoms with E-state index in [1.165, 1.54) is 16.9 Å². The van der Waals surface area contributed by atoms with Crippen molar-refractivity contribution in [3.63, 3.8) is 0 Å². The second-order valence-electron chi connectivity index (χ2n) is 10.1. The molecule has 0 spiro atoms. The molecule has 0 radical (unpaired) electrons. The number of rotatable bonds is 6. The van der Waals surface area contributed by atoms with E-state index in [-0.39, 0.29) is 12.2 Å². The molecule has 3 heterocycles. The maximum Gasteiger partial charge on any atom is 0.338 e. The van der Waals surface area contributed by atoms with Gasteiger partial charge in [-0.25, -0.2) is 9.79 Å². The summed E-state index contributed by atoms with van der Waals surface area (Å²) in [6, 6.07) is 19.2. The van der Waals surface area contributed by atoms with E-state index in [9.17, 15) is 9.59 Å². The van der Waals surface area contributed by atoms with Gasteiger partial charge in [0.05, 0.1) is 28.5 Å². The summed E-state index contributed by atoms with van der Waals surface area (Å²) >= 11 is 1.35. The van der Waals surface area contributed by atoms with Crippen LogP contribution in [0.15, 0.2) is 76.0 Å². The zero-order chi connectivity index (χ0) is 27.8. The van der Waals surface area contributed by atoms with Gasteiger partial charge in [0.15, 0.2) is 4.80 Å². The predicted octanol–water partition coefficient (Wildman–Crippen LogP) is 5.01. The van der Waals surface area contributed by atoms with Crippen LogP contribution in [0.2, 0.25) is 0 Å². The number of aromatic nitrogens is 2. The van der Waals surface area contributed by atoms with Gasteiger partial charge in [-0.1, -0.05) is 79.8 Å². The molecule has 39 heavy (non-hydrogen) atoms. The monoisotopic (exact) mass is 539 g/mol. The number of carbonyl (C=O) groups excluding carboxylic acids is 1.